The van der Waals surface area contributed by atoms with Crippen LogP contribution in [0.25, 0.3) is 0 Å². The van der Waals surface area contributed by atoms with Crippen molar-refractivity contribution in [1.82, 2.24) is 15.5 Å². The van der Waals surface area contributed by atoms with Gasteiger partial charge in [-0.05, 0) is 18.9 Å². The Morgan fingerprint density at radius 3 is 2.60 bits per heavy atom. The first-order chi connectivity index (χ1) is 12.2. The number of nitrogens with zero attached hydrogens (tertiary/aromatic N) is 2. The number of ether oxygens (including phenoxy) is 1. The van der Waals surface area contributed by atoms with Gasteiger partial charge in [0, 0.05) is 18.4 Å². The van der Waals surface area contributed by atoms with E-state index in [2.05, 4.69) is 15.5 Å². The van der Waals surface area contributed by atoms with Gasteiger partial charge in [-0.15, -0.1) is 0 Å². The van der Waals surface area contributed by atoms with Crippen LogP contribution in [0.2, 0.25) is 0 Å². The van der Waals surface area contributed by atoms with Crippen LogP contribution in [0.3, 0.4) is 0 Å². The highest BCUT2D eigenvalue weighted by Gasteiger charge is 2.28. The second-order valence-corrected chi connectivity index (χ2v) is 6.54. The van der Waals surface area contributed by atoms with Gasteiger partial charge in [-0.25, -0.2) is 0 Å². The van der Waals surface area contributed by atoms with Gasteiger partial charge >= 0.3 is 0 Å². The number of carbonyl (C=O) groups excluding carboxylic acids is 1. The summed E-state index contributed by atoms with van der Waals surface area (Å²) >= 11 is 0. The van der Waals surface area contributed by atoms with Gasteiger partial charge in [-0.3, -0.25) is 4.79 Å². The zero-order valence-electron chi connectivity index (χ0n) is 14.8. The fraction of sp³-hybridized carbons (Fsp3) is 0.526. The summed E-state index contributed by atoms with van der Waals surface area (Å²) in [4.78, 5) is 17.2. The van der Waals surface area contributed by atoms with E-state index in [1.807, 2.05) is 24.3 Å². The Morgan fingerprint density at radius 2 is 1.96 bits per heavy atom. The second-order valence-electron chi connectivity index (χ2n) is 6.54. The highest BCUT2D eigenvalue weighted by atomic mass is 16.5. The van der Waals surface area contributed by atoms with Gasteiger partial charge in [0.1, 0.15) is 11.8 Å². The van der Waals surface area contributed by atoms with E-state index in [4.69, 9.17) is 9.26 Å². The molecule has 0 bridgehead atoms. The number of methoxy groups -OCH3 is 1. The van der Waals surface area contributed by atoms with E-state index in [1.54, 1.807) is 14.0 Å². The summed E-state index contributed by atoms with van der Waals surface area (Å²) in [6.07, 6.45) is 6.52. The molecular weight excluding hydrogens is 318 g/mol. The lowest BCUT2D eigenvalue weighted by Crippen LogP contribution is -2.35. The highest BCUT2D eigenvalue weighted by Crippen LogP contribution is 2.30. The molecule has 0 saturated heterocycles. The number of benzene rings is 1. The van der Waals surface area contributed by atoms with Gasteiger partial charge in [-0.1, -0.05) is 49.0 Å². The molecular formula is C19H25N3O3. The molecule has 0 unspecified atom stereocenters. The lowest BCUT2D eigenvalue weighted by Gasteiger charge is -2.21. The fourth-order valence-electron chi connectivity index (χ4n) is 3.42. The molecule has 1 amide bonds. The van der Waals surface area contributed by atoms with Gasteiger partial charge in [0.25, 0.3) is 0 Å². The Bertz CT molecular complexity index is 705. The fourth-order valence-corrected chi connectivity index (χ4v) is 3.42. The number of rotatable bonds is 5. The number of amides is 1. The maximum Gasteiger partial charge on any atom is 0.223 e. The summed E-state index contributed by atoms with van der Waals surface area (Å²) in [5.74, 6) is 1.71. The SMILES string of the molecule is COc1ccccc1[C@@H](NC(=O)C1CCCCCC1)c1noc(C)n1. The summed E-state index contributed by atoms with van der Waals surface area (Å²) in [7, 11) is 1.62. The minimum atomic E-state index is -0.482. The van der Waals surface area contributed by atoms with Crippen LogP contribution in [0, 0.1) is 12.8 Å². The zero-order chi connectivity index (χ0) is 17.6. The average Bonchev–Trinajstić information content (AvgIpc) is 2.89. The molecule has 6 nitrogen and oxygen atoms in total. The molecule has 25 heavy (non-hydrogen) atoms. The first kappa shape index (κ1) is 17.5. The topological polar surface area (TPSA) is 77.2 Å². The predicted molar refractivity (Wildman–Crippen MR) is 93.2 cm³/mol. The lowest BCUT2D eigenvalue weighted by molar-refractivity contribution is -0.126. The van der Waals surface area contributed by atoms with Crippen molar-refractivity contribution in [3.05, 3.63) is 41.5 Å². The third-order valence-electron chi connectivity index (χ3n) is 4.76. The number of hydrogen-bond acceptors (Lipinski definition) is 5. The lowest BCUT2D eigenvalue weighted by atomic mass is 9.97. The Hall–Kier alpha value is -2.37. The van der Waals surface area contributed by atoms with E-state index < -0.39 is 6.04 Å². The Kier molecular flexibility index (Phi) is 5.68. The van der Waals surface area contributed by atoms with Crippen molar-refractivity contribution in [2.24, 2.45) is 5.92 Å². The first-order valence-corrected chi connectivity index (χ1v) is 8.92. The predicted octanol–water partition coefficient (Wildman–Crippen LogP) is 3.56. The molecule has 1 atom stereocenters. The maximum atomic E-state index is 12.9. The third kappa shape index (κ3) is 4.18. The van der Waals surface area contributed by atoms with Crippen LogP contribution in [0.15, 0.2) is 28.8 Å². The van der Waals surface area contributed by atoms with Crippen molar-refractivity contribution in [3.8, 4) is 5.75 Å². The summed E-state index contributed by atoms with van der Waals surface area (Å²) in [5, 5.41) is 7.16. The van der Waals surface area contributed by atoms with Crippen molar-refractivity contribution in [3.63, 3.8) is 0 Å². The van der Waals surface area contributed by atoms with Crippen LogP contribution in [0.4, 0.5) is 0 Å². The first-order valence-electron chi connectivity index (χ1n) is 8.92. The number of aromatic nitrogens is 2. The average molecular weight is 343 g/mol. The minimum Gasteiger partial charge on any atom is -0.496 e. The molecule has 6 heteroatoms. The molecule has 134 valence electrons. The Balaban J connectivity index is 1.87. The van der Waals surface area contributed by atoms with Gasteiger partial charge in [0.05, 0.1) is 7.11 Å². The largest absolute Gasteiger partial charge is 0.496 e. The minimum absolute atomic E-state index is 0.0488. The molecule has 0 spiro atoms. The molecule has 1 aliphatic rings. The number of carbonyl (C=O) groups is 1. The summed E-state index contributed by atoms with van der Waals surface area (Å²) in [6, 6.07) is 7.11. The second kappa shape index (κ2) is 8.14. The summed E-state index contributed by atoms with van der Waals surface area (Å²) < 4.78 is 10.6. The zero-order valence-corrected chi connectivity index (χ0v) is 14.8. The molecule has 1 aliphatic carbocycles. The molecule has 0 aliphatic heterocycles. The van der Waals surface area contributed by atoms with Crippen molar-refractivity contribution in [2.75, 3.05) is 7.11 Å². The van der Waals surface area contributed by atoms with Crippen LogP contribution < -0.4 is 10.1 Å². The quantitative estimate of drug-likeness (QED) is 0.840. The van der Waals surface area contributed by atoms with Gasteiger partial charge in [0.2, 0.25) is 11.8 Å². The summed E-state index contributed by atoms with van der Waals surface area (Å²) in [6.45, 7) is 1.74. The van der Waals surface area contributed by atoms with Crippen molar-refractivity contribution >= 4 is 5.91 Å². The Morgan fingerprint density at radius 1 is 1.24 bits per heavy atom. The van der Waals surface area contributed by atoms with Crippen molar-refractivity contribution < 1.29 is 14.1 Å². The number of para-hydroxylation sites is 1. The highest BCUT2D eigenvalue weighted by molar-refractivity contribution is 5.79. The van der Waals surface area contributed by atoms with Crippen LogP contribution in [-0.4, -0.2) is 23.2 Å². The molecule has 1 heterocycles. The standard InChI is InChI=1S/C19H25N3O3/c1-13-20-18(22-25-13)17(15-11-7-8-12-16(15)24-2)21-19(23)14-9-5-3-4-6-10-14/h7-8,11-12,14,17H,3-6,9-10H2,1-2H3,(H,21,23)/t17-/m1/s1. The van der Waals surface area contributed by atoms with Crippen LogP contribution in [0.1, 0.15) is 61.8 Å². The van der Waals surface area contributed by atoms with Crippen molar-refractivity contribution in [1.29, 1.82) is 0 Å². The molecule has 1 fully saturated rings. The van der Waals surface area contributed by atoms with E-state index in [1.165, 1.54) is 12.8 Å². The number of hydrogen-bond donors (Lipinski definition) is 1. The molecule has 1 N–H and O–H groups in total. The maximum absolute atomic E-state index is 12.9. The molecule has 2 aromatic rings. The van der Waals surface area contributed by atoms with Gasteiger partial charge < -0.3 is 14.6 Å². The molecule has 1 aromatic carbocycles. The smallest absolute Gasteiger partial charge is 0.223 e. The van der Waals surface area contributed by atoms with E-state index in [0.29, 0.717) is 17.5 Å². The van der Waals surface area contributed by atoms with Gasteiger partial charge in [-0.2, -0.15) is 4.98 Å². The third-order valence-corrected chi connectivity index (χ3v) is 4.76. The Labute approximate surface area is 148 Å². The van der Waals surface area contributed by atoms with E-state index in [-0.39, 0.29) is 11.8 Å². The molecule has 1 aromatic heterocycles. The van der Waals surface area contributed by atoms with Crippen LogP contribution in [-0.2, 0) is 4.79 Å². The van der Waals surface area contributed by atoms with Crippen LogP contribution >= 0.6 is 0 Å². The summed E-state index contributed by atoms with van der Waals surface area (Å²) in [5.41, 5.74) is 0.827. The van der Waals surface area contributed by atoms with Gasteiger partial charge in [0.15, 0.2) is 5.82 Å². The molecule has 3 rings (SSSR count). The van der Waals surface area contributed by atoms with Crippen LogP contribution in [0.5, 0.6) is 5.75 Å². The van der Waals surface area contributed by atoms with E-state index in [0.717, 1.165) is 31.2 Å². The van der Waals surface area contributed by atoms with E-state index in [9.17, 15) is 4.79 Å². The molecule has 1 saturated carbocycles. The van der Waals surface area contributed by atoms with E-state index >= 15 is 0 Å². The normalized spacial score (nSPS) is 16.9. The molecule has 0 radical (unpaired) electrons. The number of aryl methyl sites for hydroxylation is 1. The number of nitrogens with one attached hydrogen (secondary N) is 1. The monoisotopic (exact) mass is 343 g/mol. The van der Waals surface area contributed by atoms with Crippen molar-refractivity contribution in [2.45, 2.75) is 51.5 Å².